The Kier molecular flexibility index (Phi) is 4.32. The minimum Gasteiger partial charge on any atom is -0.507 e. The average Bonchev–Trinajstić information content (AvgIpc) is 2.71. The molecule has 0 aliphatic rings. The van der Waals surface area contributed by atoms with Crippen molar-refractivity contribution >= 4 is 39.4 Å². The van der Waals surface area contributed by atoms with Gasteiger partial charge in [-0.2, -0.15) is 0 Å². The Balaban J connectivity index is 2.29. The van der Waals surface area contributed by atoms with Crippen LogP contribution in [0, 0.1) is 0 Å². The van der Waals surface area contributed by atoms with Crippen LogP contribution in [-0.4, -0.2) is 10.2 Å². The fraction of sp³-hybridized carbons (Fsp3) is 0.200. The molecule has 0 atom stereocenters. The minimum absolute atomic E-state index is 0.0891. The maximum absolute atomic E-state index is 9.95. The van der Waals surface area contributed by atoms with E-state index in [-0.39, 0.29) is 17.4 Å². The van der Waals surface area contributed by atoms with Gasteiger partial charge in [-0.15, -0.1) is 11.3 Å². The molecule has 0 aliphatic heterocycles. The molecule has 4 heteroatoms. The molecular formula is C15H15BrO2S. The smallest absolute Gasteiger partial charge is 0.123 e. The van der Waals surface area contributed by atoms with Crippen molar-refractivity contribution in [2.24, 2.45) is 0 Å². The van der Waals surface area contributed by atoms with Crippen molar-refractivity contribution < 1.29 is 10.2 Å². The Morgan fingerprint density at radius 3 is 2.21 bits per heavy atom. The molecular weight excluding hydrogens is 324 g/mol. The number of aromatic hydroxyl groups is 2. The van der Waals surface area contributed by atoms with Crippen molar-refractivity contribution in [3.05, 3.63) is 44.1 Å². The fourth-order valence-electron chi connectivity index (χ4n) is 1.93. The van der Waals surface area contributed by atoms with E-state index >= 15 is 0 Å². The second kappa shape index (κ2) is 5.80. The van der Waals surface area contributed by atoms with Crippen LogP contribution >= 0.6 is 27.3 Å². The maximum atomic E-state index is 9.95. The molecule has 0 saturated carbocycles. The van der Waals surface area contributed by atoms with Crippen LogP contribution in [0.25, 0.3) is 12.2 Å². The van der Waals surface area contributed by atoms with Gasteiger partial charge in [-0.05, 0) is 51.7 Å². The minimum atomic E-state index is 0.0891. The highest BCUT2D eigenvalue weighted by atomic mass is 79.9. The van der Waals surface area contributed by atoms with Crippen molar-refractivity contribution in [2.45, 2.75) is 19.8 Å². The van der Waals surface area contributed by atoms with E-state index in [1.165, 1.54) is 0 Å². The maximum Gasteiger partial charge on any atom is 0.123 e. The molecule has 2 nitrogen and oxygen atoms in total. The summed E-state index contributed by atoms with van der Waals surface area (Å²) in [7, 11) is 0. The number of halogens is 1. The van der Waals surface area contributed by atoms with E-state index < -0.39 is 0 Å². The van der Waals surface area contributed by atoms with E-state index in [1.807, 2.05) is 37.4 Å². The molecule has 0 unspecified atom stereocenters. The van der Waals surface area contributed by atoms with Crippen molar-refractivity contribution in [2.75, 3.05) is 0 Å². The summed E-state index contributed by atoms with van der Waals surface area (Å²) < 4.78 is 1.05. The number of hydrogen-bond acceptors (Lipinski definition) is 3. The molecule has 0 radical (unpaired) electrons. The Morgan fingerprint density at radius 1 is 1.11 bits per heavy atom. The normalized spacial score (nSPS) is 11.6. The first-order valence-electron chi connectivity index (χ1n) is 5.95. The molecule has 2 rings (SSSR count). The third kappa shape index (κ3) is 3.39. The number of thiophene rings is 1. The highest BCUT2D eigenvalue weighted by molar-refractivity contribution is 9.10. The largest absolute Gasteiger partial charge is 0.507 e. The van der Waals surface area contributed by atoms with Crippen LogP contribution in [0.3, 0.4) is 0 Å². The van der Waals surface area contributed by atoms with Crippen LogP contribution in [0.5, 0.6) is 11.5 Å². The van der Waals surface area contributed by atoms with Gasteiger partial charge in [0, 0.05) is 20.3 Å². The molecule has 0 bridgehead atoms. The summed E-state index contributed by atoms with van der Waals surface area (Å²) in [6, 6.07) is 5.37. The molecule has 100 valence electrons. The van der Waals surface area contributed by atoms with E-state index in [4.69, 9.17) is 0 Å². The molecule has 2 aromatic rings. The quantitative estimate of drug-likeness (QED) is 0.805. The van der Waals surface area contributed by atoms with Crippen LogP contribution in [0.1, 0.15) is 35.8 Å². The SMILES string of the molecule is CC(C)c1c(O)cc(/C=C/c2cc(Br)cs2)cc1O. The number of hydrogen-bond donors (Lipinski definition) is 2. The van der Waals surface area contributed by atoms with Crippen LogP contribution in [0.4, 0.5) is 0 Å². The van der Waals surface area contributed by atoms with E-state index in [9.17, 15) is 10.2 Å². The van der Waals surface area contributed by atoms with Gasteiger partial charge in [0.25, 0.3) is 0 Å². The standard InChI is InChI=1S/C15H15BrO2S/c1-9(2)15-13(17)5-10(6-14(15)18)3-4-12-7-11(16)8-19-12/h3-9,17-18H,1-2H3/b4-3+. The zero-order valence-electron chi connectivity index (χ0n) is 10.7. The third-order valence-electron chi connectivity index (χ3n) is 2.76. The monoisotopic (exact) mass is 338 g/mol. The lowest BCUT2D eigenvalue weighted by atomic mass is 9.99. The van der Waals surface area contributed by atoms with E-state index in [0.717, 1.165) is 14.9 Å². The molecule has 19 heavy (non-hydrogen) atoms. The first-order valence-corrected chi connectivity index (χ1v) is 7.62. The lowest BCUT2D eigenvalue weighted by Crippen LogP contribution is -1.90. The summed E-state index contributed by atoms with van der Waals surface area (Å²) >= 11 is 5.03. The average molecular weight is 339 g/mol. The van der Waals surface area contributed by atoms with Crippen molar-refractivity contribution in [3.8, 4) is 11.5 Å². The van der Waals surface area contributed by atoms with Crippen LogP contribution in [0.2, 0.25) is 0 Å². The zero-order valence-corrected chi connectivity index (χ0v) is 13.1. The lowest BCUT2D eigenvalue weighted by molar-refractivity contribution is 0.433. The zero-order chi connectivity index (χ0) is 14.0. The van der Waals surface area contributed by atoms with E-state index in [2.05, 4.69) is 15.9 Å². The molecule has 0 spiro atoms. The van der Waals surface area contributed by atoms with Gasteiger partial charge in [0.15, 0.2) is 0 Å². The molecule has 2 N–H and O–H groups in total. The lowest BCUT2D eigenvalue weighted by Gasteiger charge is -2.11. The Morgan fingerprint density at radius 2 is 1.74 bits per heavy atom. The summed E-state index contributed by atoms with van der Waals surface area (Å²) in [5, 5.41) is 21.9. The summed E-state index contributed by atoms with van der Waals surface area (Å²) in [6.45, 7) is 3.88. The fourth-order valence-corrected chi connectivity index (χ4v) is 3.26. The molecule has 0 saturated heterocycles. The van der Waals surface area contributed by atoms with Gasteiger partial charge < -0.3 is 10.2 Å². The first-order chi connectivity index (χ1) is 8.97. The second-order valence-electron chi connectivity index (χ2n) is 4.63. The summed E-state index contributed by atoms with van der Waals surface area (Å²) in [5.41, 5.74) is 1.37. The van der Waals surface area contributed by atoms with Crippen LogP contribution < -0.4 is 0 Å². The van der Waals surface area contributed by atoms with Gasteiger partial charge in [-0.25, -0.2) is 0 Å². The molecule has 0 amide bonds. The topological polar surface area (TPSA) is 40.5 Å². The second-order valence-corrected chi connectivity index (χ2v) is 6.49. The number of phenolic OH excluding ortho intramolecular Hbond substituents is 2. The van der Waals surface area contributed by atoms with Gasteiger partial charge in [0.05, 0.1) is 0 Å². The summed E-state index contributed by atoms with van der Waals surface area (Å²) in [6.07, 6.45) is 3.83. The van der Waals surface area contributed by atoms with Crippen molar-refractivity contribution in [3.63, 3.8) is 0 Å². The third-order valence-corrected chi connectivity index (χ3v) is 4.42. The molecule has 1 heterocycles. The van der Waals surface area contributed by atoms with Gasteiger partial charge in [0.1, 0.15) is 11.5 Å². The molecule has 1 aromatic heterocycles. The van der Waals surface area contributed by atoms with Gasteiger partial charge in [-0.1, -0.05) is 19.9 Å². The van der Waals surface area contributed by atoms with Crippen molar-refractivity contribution in [1.82, 2.24) is 0 Å². The van der Waals surface area contributed by atoms with Crippen LogP contribution in [-0.2, 0) is 0 Å². The number of benzene rings is 1. The van der Waals surface area contributed by atoms with Crippen molar-refractivity contribution in [1.29, 1.82) is 0 Å². The highest BCUT2D eigenvalue weighted by Crippen LogP contribution is 2.35. The Labute approximate surface area is 125 Å². The summed E-state index contributed by atoms with van der Waals surface area (Å²) in [5.74, 6) is 0.371. The number of phenols is 2. The predicted molar refractivity (Wildman–Crippen MR) is 84.8 cm³/mol. The first kappa shape index (κ1) is 14.2. The van der Waals surface area contributed by atoms with Gasteiger partial charge in [-0.3, -0.25) is 0 Å². The molecule has 0 aliphatic carbocycles. The Hall–Kier alpha value is -1.26. The molecule has 1 aromatic carbocycles. The molecule has 0 fully saturated rings. The van der Waals surface area contributed by atoms with E-state index in [0.29, 0.717) is 5.56 Å². The van der Waals surface area contributed by atoms with Crippen LogP contribution in [0.15, 0.2) is 28.1 Å². The van der Waals surface area contributed by atoms with Gasteiger partial charge >= 0.3 is 0 Å². The summed E-state index contributed by atoms with van der Waals surface area (Å²) in [4.78, 5) is 1.11. The Bertz CT molecular complexity index is 591. The predicted octanol–water partition coefficient (Wildman–Crippen LogP) is 5.22. The number of rotatable bonds is 3. The van der Waals surface area contributed by atoms with E-state index in [1.54, 1.807) is 23.5 Å². The highest BCUT2D eigenvalue weighted by Gasteiger charge is 2.12. The van der Waals surface area contributed by atoms with Gasteiger partial charge in [0.2, 0.25) is 0 Å².